The molecule has 9 nitrogen and oxygen atoms in total. The van der Waals surface area contributed by atoms with Gasteiger partial charge < -0.3 is 20.7 Å². The molecule has 5 heterocycles. The van der Waals surface area contributed by atoms with E-state index in [9.17, 15) is 9.59 Å². The van der Waals surface area contributed by atoms with Gasteiger partial charge in [0.1, 0.15) is 21.8 Å². The maximum absolute atomic E-state index is 13.4. The van der Waals surface area contributed by atoms with Crippen LogP contribution in [0.3, 0.4) is 0 Å². The number of urea groups is 1. The molecular weight excluding hydrogens is 476 g/mol. The van der Waals surface area contributed by atoms with E-state index < -0.39 is 11.3 Å². The first kappa shape index (κ1) is 22.8. The second-order valence-corrected chi connectivity index (χ2v) is 10.3. The van der Waals surface area contributed by atoms with Gasteiger partial charge in [0, 0.05) is 30.5 Å². The number of thioether (sulfide) groups is 1. The van der Waals surface area contributed by atoms with E-state index in [1.165, 1.54) is 11.8 Å². The lowest BCUT2D eigenvalue weighted by molar-refractivity contribution is -0.121. The van der Waals surface area contributed by atoms with Crippen LogP contribution >= 0.6 is 11.8 Å². The Bertz CT molecular complexity index is 1310. The van der Waals surface area contributed by atoms with Gasteiger partial charge in [0.15, 0.2) is 0 Å². The van der Waals surface area contributed by atoms with Gasteiger partial charge in [-0.15, -0.1) is 0 Å². The first-order chi connectivity index (χ1) is 17.6. The monoisotopic (exact) mass is 502 g/mol. The minimum atomic E-state index is -0.460. The average molecular weight is 503 g/mol. The molecule has 0 saturated carbocycles. The van der Waals surface area contributed by atoms with E-state index in [4.69, 9.17) is 4.74 Å². The summed E-state index contributed by atoms with van der Waals surface area (Å²) in [6, 6.07) is 10.5. The van der Waals surface area contributed by atoms with E-state index in [-0.39, 0.29) is 18.0 Å². The molecule has 10 heteroatoms. The fourth-order valence-corrected chi connectivity index (χ4v) is 6.24. The van der Waals surface area contributed by atoms with E-state index in [1.807, 2.05) is 43.3 Å². The standard InChI is InChI=1S/C26H26N6O3S/c1-15-12-17(35-18-5-3-10-28-14-18)6-7-19(15)32-20-8-11-29-25-21(20)22(31-26(32)34)23(36-25)24(33)30-16-4-2-9-27-13-16/h3,5-8,10-12,14,16,22-23,27H,2,4,9,13H2,1H3,(H,30,33)(H,31,34)/t16?,22?,23-/m1/s1. The molecule has 0 aliphatic carbocycles. The number of carbonyl (C=O) groups excluding carboxylic acids is 2. The van der Waals surface area contributed by atoms with Gasteiger partial charge in [0.05, 0.1) is 23.6 Å². The van der Waals surface area contributed by atoms with Crippen LogP contribution in [0.2, 0.25) is 0 Å². The van der Waals surface area contributed by atoms with Gasteiger partial charge in [-0.2, -0.15) is 0 Å². The molecule has 3 N–H and O–H groups in total. The summed E-state index contributed by atoms with van der Waals surface area (Å²) < 4.78 is 5.90. The topological polar surface area (TPSA) is 108 Å². The maximum atomic E-state index is 13.4. The minimum Gasteiger partial charge on any atom is -0.456 e. The van der Waals surface area contributed by atoms with E-state index in [2.05, 4.69) is 25.9 Å². The Morgan fingerprint density at radius 2 is 2.11 bits per heavy atom. The number of rotatable bonds is 5. The molecule has 2 unspecified atom stereocenters. The molecule has 36 heavy (non-hydrogen) atoms. The molecule has 3 aliphatic rings. The molecule has 184 valence electrons. The zero-order valence-corrected chi connectivity index (χ0v) is 20.5. The molecule has 3 aromatic rings. The normalized spacial score (nSPS) is 22.5. The Morgan fingerprint density at radius 3 is 2.89 bits per heavy atom. The quantitative estimate of drug-likeness (QED) is 0.487. The van der Waals surface area contributed by atoms with E-state index in [0.717, 1.165) is 53.5 Å². The van der Waals surface area contributed by atoms with Crippen molar-refractivity contribution in [3.63, 3.8) is 0 Å². The van der Waals surface area contributed by atoms with Crippen LogP contribution < -0.4 is 25.6 Å². The molecule has 6 rings (SSSR count). The number of nitrogens with zero attached hydrogens (tertiary/aromatic N) is 3. The third kappa shape index (κ3) is 4.16. The summed E-state index contributed by atoms with van der Waals surface area (Å²) >= 11 is 1.42. The largest absolute Gasteiger partial charge is 0.456 e. The molecule has 1 fully saturated rings. The van der Waals surface area contributed by atoms with Crippen molar-refractivity contribution in [3.05, 3.63) is 66.1 Å². The van der Waals surface area contributed by atoms with Gasteiger partial charge in [0.2, 0.25) is 5.91 Å². The zero-order chi connectivity index (χ0) is 24.6. The van der Waals surface area contributed by atoms with Crippen molar-refractivity contribution in [2.45, 2.75) is 42.1 Å². The fourth-order valence-electron chi connectivity index (χ4n) is 5.01. The summed E-state index contributed by atoms with van der Waals surface area (Å²) in [7, 11) is 0. The highest BCUT2D eigenvalue weighted by molar-refractivity contribution is 8.01. The van der Waals surface area contributed by atoms with Gasteiger partial charge in [0.25, 0.3) is 0 Å². The summed E-state index contributed by atoms with van der Waals surface area (Å²) in [5, 5.41) is 9.89. The van der Waals surface area contributed by atoms with Crippen molar-refractivity contribution in [1.29, 1.82) is 0 Å². The van der Waals surface area contributed by atoms with Crippen LogP contribution in [0.15, 0.2) is 60.0 Å². The zero-order valence-electron chi connectivity index (χ0n) is 19.7. The predicted octanol–water partition coefficient (Wildman–Crippen LogP) is 3.82. The molecule has 3 atom stereocenters. The number of carbonyl (C=O) groups is 2. The van der Waals surface area contributed by atoms with Gasteiger partial charge in [-0.3, -0.25) is 14.7 Å². The molecule has 3 aliphatic heterocycles. The Morgan fingerprint density at radius 1 is 1.19 bits per heavy atom. The van der Waals surface area contributed by atoms with Gasteiger partial charge in [-0.05, 0) is 68.3 Å². The number of aromatic nitrogens is 2. The number of piperidine rings is 1. The molecule has 1 aromatic carbocycles. The van der Waals surface area contributed by atoms with E-state index >= 15 is 0 Å². The van der Waals surface area contributed by atoms with Gasteiger partial charge in [-0.25, -0.2) is 9.78 Å². The minimum absolute atomic E-state index is 0.0653. The first-order valence-electron chi connectivity index (χ1n) is 12.0. The van der Waals surface area contributed by atoms with Crippen LogP contribution in [0.4, 0.5) is 16.2 Å². The predicted molar refractivity (Wildman–Crippen MR) is 137 cm³/mol. The van der Waals surface area contributed by atoms with Crippen LogP contribution in [0.5, 0.6) is 11.5 Å². The van der Waals surface area contributed by atoms with Crippen LogP contribution in [-0.4, -0.2) is 46.3 Å². The maximum Gasteiger partial charge on any atom is 0.327 e. The fraction of sp³-hybridized carbons (Fsp3) is 0.308. The number of hydrogen-bond acceptors (Lipinski definition) is 7. The number of anilines is 2. The summed E-state index contributed by atoms with van der Waals surface area (Å²) in [4.78, 5) is 36.9. The van der Waals surface area contributed by atoms with E-state index in [0.29, 0.717) is 11.5 Å². The second kappa shape index (κ2) is 9.44. The third-order valence-corrected chi connectivity index (χ3v) is 7.98. The van der Waals surface area contributed by atoms with Crippen molar-refractivity contribution < 1.29 is 14.3 Å². The number of amides is 3. The SMILES string of the molecule is Cc1cc(Oc2cccnc2)ccc1N1C(=O)NC2c3c1ccnc3S[C@H]2C(=O)NC1CCCNC1. The number of benzene rings is 1. The number of pyridine rings is 2. The van der Waals surface area contributed by atoms with Crippen LogP contribution in [0.1, 0.15) is 30.0 Å². The van der Waals surface area contributed by atoms with Gasteiger partial charge >= 0.3 is 6.03 Å². The number of nitrogens with one attached hydrogen (secondary N) is 3. The lowest BCUT2D eigenvalue weighted by atomic mass is 9.99. The van der Waals surface area contributed by atoms with Crippen molar-refractivity contribution in [1.82, 2.24) is 25.9 Å². The molecule has 0 bridgehead atoms. The number of hydrogen-bond donors (Lipinski definition) is 3. The second-order valence-electron chi connectivity index (χ2n) is 9.14. The van der Waals surface area contributed by atoms with Crippen LogP contribution in [0, 0.1) is 6.92 Å². The van der Waals surface area contributed by atoms with Crippen molar-refractivity contribution in [2.75, 3.05) is 18.0 Å². The average Bonchev–Trinajstić information content (AvgIpc) is 3.26. The summed E-state index contributed by atoms with van der Waals surface area (Å²) in [5.41, 5.74) is 3.25. The number of aryl methyl sites for hydroxylation is 1. The highest BCUT2D eigenvalue weighted by atomic mass is 32.2. The Kier molecular flexibility index (Phi) is 5.98. The lowest BCUT2D eigenvalue weighted by Gasteiger charge is -2.35. The third-order valence-electron chi connectivity index (χ3n) is 6.69. The van der Waals surface area contributed by atoms with Crippen LogP contribution in [-0.2, 0) is 4.79 Å². The van der Waals surface area contributed by atoms with Crippen molar-refractivity contribution in [2.24, 2.45) is 0 Å². The highest BCUT2D eigenvalue weighted by Gasteiger charge is 2.47. The Hall–Kier alpha value is -3.63. The summed E-state index contributed by atoms with van der Waals surface area (Å²) in [6.45, 7) is 3.69. The highest BCUT2D eigenvalue weighted by Crippen LogP contribution is 2.51. The Labute approximate surface area is 213 Å². The van der Waals surface area contributed by atoms with Crippen molar-refractivity contribution in [3.8, 4) is 11.5 Å². The molecule has 3 amide bonds. The summed E-state index contributed by atoms with van der Waals surface area (Å²) in [6.07, 6.45) is 7.03. The lowest BCUT2D eigenvalue weighted by Crippen LogP contribution is -2.52. The summed E-state index contributed by atoms with van der Waals surface area (Å²) in [5.74, 6) is 1.23. The molecule has 0 radical (unpaired) electrons. The van der Waals surface area contributed by atoms with Crippen molar-refractivity contribution >= 4 is 35.1 Å². The smallest absolute Gasteiger partial charge is 0.327 e. The number of ether oxygens (including phenoxy) is 1. The molecule has 1 saturated heterocycles. The Balaban J connectivity index is 1.27. The molecule has 0 spiro atoms. The molecular formula is C26H26N6O3S. The molecule has 2 aromatic heterocycles. The first-order valence-corrected chi connectivity index (χ1v) is 12.9. The van der Waals surface area contributed by atoms with E-state index in [1.54, 1.807) is 23.5 Å². The van der Waals surface area contributed by atoms with Gasteiger partial charge in [-0.1, -0.05) is 11.8 Å². The van der Waals surface area contributed by atoms with Crippen LogP contribution in [0.25, 0.3) is 0 Å².